The Morgan fingerprint density at radius 2 is 1.62 bits per heavy atom. The smallest absolute Gasteiger partial charge is 0.228 e. The molecule has 7 nitrogen and oxygen atoms in total. The maximum atomic E-state index is 5.99. The van der Waals surface area contributed by atoms with Crippen molar-refractivity contribution < 1.29 is 0 Å². The fourth-order valence-corrected chi connectivity index (χ4v) is 3.51. The van der Waals surface area contributed by atoms with Crippen molar-refractivity contribution in [3.8, 4) is 0 Å². The van der Waals surface area contributed by atoms with Gasteiger partial charge in [0.15, 0.2) is 0 Å². The minimum atomic E-state index is 0.241. The lowest BCUT2D eigenvalue weighted by molar-refractivity contribution is 0.244. The summed E-state index contributed by atoms with van der Waals surface area (Å²) in [5.41, 5.74) is 8.26. The van der Waals surface area contributed by atoms with Gasteiger partial charge in [0, 0.05) is 43.4 Å². The third-order valence-electron chi connectivity index (χ3n) is 4.92. The first-order valence-corrected chi connectivity index (χ1v) is 10.0. The molecule has 0 aliphatic carbocycles. The quantitative estimate of drug-likeness (QED) is 0.647. The van der Waals surface area contributed by atoms with Crippen LogP contribution in [0.1, 0.15) is 11.4 Å². The Kier molecular flexibility index (Phi) is 6.07. The second kappa shape index (κ2) is 9.07. The van der Waals surface area contributed by atoms with Crippen LogP contribution >= 0.6 is 11.6 Å². The molecule has 2 heterocycles. The number of nitrogens with one attached hydrogen (secondary N) is 1. The summed E-state index contributed by atoms with van der Waals surface area (Å²) >= 11 is 5.99. The van der Waals surface area contributed by atoms with Crippen molar-refractivity contribution >= 4 is 29.2 Å². The number of nitrogens with zero attached hydrogens (tertiary/aromatic N) is 5. The highest BCUT2D eigenvalue weighted by molar-refractivity contribution is 6.30. The van der Waals surface area contributed by atoms with Crippen LogP contribution in [0.25, 0.3) is 0 Å². The predicted octanol–water partition coefficient (Wildman–Crippen LogP) is 3.04. The van der Waals surface area contributed by atoms with E-state index in [-0.39, 0.29) is 5.95 Å². The van der Waals surface area contributed by atoms with Crippen LogP contribution in [0.15, 0.2) is 54.6 Å². The van der Waals surface area contributed by atoms with E-state index in [1.54, 1.807) is 0 Å². The lowest BCUT2D eigenvalue weighted by Crippen LogP contribution is -2.46. The van der Waals surface area contributed by atoms with Crippen LogP contribution in [-0.4, -0.2) is 46.0 Å². The Bertz CT molecular complexity index is 926. The second-order valence-corrected chi connectivity index (χ2v) is 7.45. The third kappa shape index (κ3) is 5.34. The van der Waals surface area contributed by atoms with Gasteiger partial charge in [-0.15, -0.1) is 0 Å². The number of nitrogens with two attached hydrogens (primary N) is 1. The van der Waals surface area contributed by atoms with Gasteiger partial charge in [0.25, 0.3) is 0 Å². The van der Waals surface area contributed by atoms with Crippen LogP contribution in [0.3, 0.4) is 0 Å². The molecular weight excluding hydrogens is 386 g/mol. The van der Waals surface area contributed by atoms with Gasteiger partial charge in [-0.2, -0.15) is 15.0 Å². The Balaban J connectivity index is 1.33. The molecule has 0 spiro atoms. The summed E-state index contributed by atoms with van der Waals surface area (Å²) in [6.07, 6.45) is 0. The number of benzene rings is 2. The van der Waals surface area contributed by atoms with Gasteiger partial charge in [0.1, 0.15) is 5.82 Å². The molecule has 150 valence electrons. The van der Waals surface area contributed by atoms with Crippen LogP contribution in [0.5, 0.6) is 0 Å². The van der Waals surface area contributed by atoms with Gasteiger partial charge in [0.2, 0.25) is 11.9 Å². The van der Waals surface area contributed by atoms with Gasteiger partial charge in [-0.3, -0.25) is 4.90 Å². The van der Waals surface area contributed by atoms with Crippen LogP contribution in [-0.2, 0) is 13.1 Å². The number of piperazine rings is 1. The number of anilines is 3. The van der Waals surface area contributed by atoms with Crippen LogP contribution in [0.2, 0.25) is 5.02 Å². The molecule has 4 rings (SSSR count). The summed E-state index contributed by atoms with van der Waals surface area (Å²) in [5.74, 6) is 1.44. The summed E-state index contributed by atoms with van der Waals surface area (Å²) in [6, 6.07) is 18.1. The monoisotopic (exact) mass is 409 g/mol. The molecule has 2 aromatic carbocycles. The zero-order valence-electron chi connectivity index (χ0n) is 16.1. The number of halogens is 1. The fraction of sp³-hybridized carbons (Fsp3) is 0.286. The van der Waals surface area contributed by atoms with Gasteiger partial charge >= 0.3 is 0 Å². The minimum absolute atomic E-state index is 0.241. The number of hydrogen-bond donors (Lipinski definition) is 2. The topological polar surface area (TPSA) is 83.2 Å². The van der Waals surface area contributed by atoms with E-state index in [9.17, 15) is 0 Å². The number of aromatic nitrogens is 3. The molecule has 3 aromatic rings. The van der Waals surface area contributed by atoms with Crippen molar-refractivity contribution in [1.29, 1.82) is 0 Å². The molecule has 3 N–H and O–H groups in total. The average Bonchev–Trinajstić information content (AvgIpc) is 2.74. The molecule has 0 bridgehead atoms. The highest BCUT2D eigenvalue weighted by Gasteiger charge is 2.18. The van der Waals surface area contributed by atoms with E-state index in [2.05, 4.69) is 54.3 Å². The molecular formula is C21H24ClN7. The maximum absolute atomic E-state index is 5.99. The lowest BCUT2D eigenvalue weighted by atomic mass is 10.2. The average molecular weight is 410 g/mol. The standard InChI is InChI=1S/C21H24ClN7/c22-17-6-8-18(9-7-17)29-12-10-28(11-13-29)15-19-25-20(23)27-21(26-19)24-14-16-4-2-1-3-5-16/h1-9H,10-15H2,(H3,23,24,25,26,27). The largest absolute Gasteiger partial charge is 0.369 e. The fourth-order valence-electron chi connectivity index (χ4n) is 3.38. The van der Waals surface area contributed by atoms with Crippen LogP contribution in [0.4, 0.5) is 17.6 Å². The summed E-state index contributed by atoms with van der Waals surface area (Å²) in [6.45, 7) is 5.05. The van der Waals surface area contributed by atoms with Crippen molar-refractivity contribution in [3.05, 3.63) is 71.0 Å². The zero-order chi connectivity index (χ0) is 20.1. The second-order valence-electron chi connectivity index (χ2n) is 7.01. The molecule has 0 saturated carbocycles. The molecule has 0 radical (unpaired) electrons. The lowest BCUT2D eigenvalue weighted by Gasteiger charge is -2.35. The van der Waals surface area contributed by atoms with Crippen molar-refractivity contribution in [3.63, 3.8) is 0 Å². The summed E-state index contributed by atoms with van der Waals surface area (Å²) < 4.78 is 0. The van der Waals surface area contributed by atoms with E-state index in [1.165, 1.54) is 5.69 Å². The SMILES string of the molecule is Nc1nc(CN2CCN(c3ccc(Cl)cc3)CC2)nc(NCc2ccccc2)n1. The van der Waals surface area contributed by atoms with E-state index in [0.29, 0.717) is 24.9 Å². The highest BCUT2D eigenvalue weighted by atomic mass is 35.5. The highest BCUT2D eigenvalue weighted by Crippen LogP contribution is 2.20. The molecule has 8 heteroatoms. The Labute approximate surface area is 175 Å². The molecule has 0 unspecified atom stereocenters. The molecule has 0 atom stereocenters. The van der Waals surface area contributed by atoms with Crippen molar-refractivity contribution in [2.45, 2.75) is 13.1 Å². The summed E-state index contributed by atoms with van der Waals surface area (Å²) in [5, 5.41) is 3.99. The number of hydrogen-bond acceptors (Lipinski definition) is 7. The summed E-state index contributed by atoms with van der Waals surface area (Å²) in [4.78, 5) is 17.8. The van der Waals surface area contributed by atoms with Gasteiger partial charge in [0.05, 0.1) is 6.54 Å². The van der Waals surface area contributed by atoms with E-state index in [1.807, 2.05) is 30.3 Å². The van der Waals surface area contributed by atoms with E-state index in [0.717, 1.165) is 36.8 Å². The van der Waals surface area contributed by atoms with E-state index < -0.39 is 0 Å². The van der Waals surface area contributed by atoms with E-state index in [4.69, 9.17) is 17.3 Å². The first-order chi connectivity index (χ1) is 14.2. The van der Waals surface area contributed by atoms with Crippen LogP contribution < -0.4 is 16.0 Å². The maximum Gasteiger partial charge on any atom is 0.228 e. The first-order valence-electron chi connectivity index (χ1n) is 9.67. The predicted molar refractivity (Wildman–Crippen MR) is 117 cm³/mol. The van der Waals surface area contributed by atoms with Crippen LogP contribution in [0, 0.1) is 0 Å². The minimum Gasteiger partial charge on any atom is -0.369 e. The molecule has 1 fully saturated rings. The molecule has 29 heavy (non-hydrogen) atoms. The summed E-state index contributed by atoms with van der Waals surface area (Å²) in [7, 11) is 0. The molecule has 1 aliphatic rings. The van der Waals surface area contributed by atoms with E-state index >= 15 is 0 Å². The molecule has 1 aliphatic heterocycles. The van der Waals surface area contributed by atoms with Gasteiger partial charge in [-0.05, 0) is 29.8 Å². The molecule has 1 saturated heterocycles. The molecule has 1 aromatic heterocycles. The first kappa shape index (κ1) is 19.4. The van der Waals surface area contributed by atoms with Crippen molar-refractivity contribution in [2.24, 2.45) is 0 Å². The van der Waals surface area contributed by atoms with Gasteiger partial charge in [-0.1, -0.05) is 41.9 Å². The Hall–Kier alpha value is -2.90. The number of rotatable bonds is 6. The zero-order valence-corrected chi connectivity index (χ0v) is 16.9. The number of nitrogen functional groups attached to an aromatic ring is 1. The van der Waals surface area contributed by atoms with Gasteiger partial charge in [-0.25, -0.2) is 0 Å². The van der Waals surface area contributed by atoms with Gasteiger partial charge < -0.3 is 16.0 Å². The Morgan fingerprint density at radius 1 is 0.897 bits per heavy atom. The van der Waals surface area contributed by atoms with Crippen molar-refractivity contribution in [1.82, 2.24) is 19.9 Å². The molecule has 0 amide bonds. The van der Waals surface area contributed by atoms with Crippen molar-refractivity contribution in [2.75, 3.05) is 42.1 Å². The third-order valence-corrected chi connectivity index (χ3v) is 5.17. The normalized spacial score (nSPS) is 14.7. The Morgan fingerprint density at radius 3 is 2.34 bits per heavy atom.